The molecule has 20 heavy (non-hydrogen) atoms. The van der Waals surface area contributed by atoms with Crippen molar-refractivity contribution in [2.24, 2.45) is 0 Å². The maximum Gasteiger partial charge on any atom is 0.244 e. The first kappa shape index (κ1) is 12.3. The summed E-state index contributed by atoms with van der Waals surface area (Å²) >= 11 is 0. The fourth-order valence-corrected chi connectivity index (χ4v) is 2.00. The summed E-state index contributed by atoms with van der Waals surface area (Å²) < 4.78 is 5.20. The van der Waals surface area contributed by atoms with Crippen LogP contribution in [0.5, 0.6) is 5.88 Å². The van der Waals surface area contributed by atoms with Crippen LogP contribution in [-0.4, -0.2) is 22.9 Å². The van der Waals surface area contributed by atoms with Crippen molar-refractivity contribution in [3.05, 3.63) is 65.9 Å². The Hall–Kier alpha value is -2.75. The van der Waals surface area contributed by atoms with Crippen LogP contribution in [0.3, 0.4) is 0 Å². The highest BCUT2D eigenvalue weighted by atomic mass is 16.5. The molecular weight excluding hydrogens is 252 g/mol. The molecule has 0 aliphatic heterocycles. The topological polar surface area (TPSA) is 52.1 Å². The van der Waals surface area contributed by atoms with Gasteiger partial charge < -0.3 is 4.74 Å². The van der Waals surface area contributed by atoms with E-state index in [2.05, 4.69) is 9.97 Å². The molecule has 3 rings (SSSR count). The van der Waals surface area contributed by atoms with Crippen LogP contribution in [0.25, 0.3) is 11.0 Å². The van der Waals surface area contributed by atoms with E-state index in [4.69, 9.17) is 4.74 Å². The number of nitrogens with zero attached hydrogens (tertiary/aromatic N) is 2. The first-order valence-corrected chi connectivity index (χ1v) is 6.20. The summed E-state index contributed by atoms with van der Waals surface area (Å²) in [6.07, 6.45) is 0. The van der Waals surface area contributed by atoms with Crippen molar-refractivity contribution < 1.29 is 9.53 Å². The van der Waals surface area contributed by atoms with Crippen molar-refractivity contribution in [2.45, 2.75) is 0 Å². The van der Waals surface area contributed by atoms with Crippen LogP contribution in [0, 0.1) is 0 Å². The second-order valence-corrected chi connectivity index (χ2v) is 4.27. The maximum atomic E-state index is 12.5. The van der Waals surface area contributed by atoms with E-state index in [-0.39, 0.29) is 17.4 Å². The molecule has 0 atom stereocenters. The Balaban J connectivity index is 2.17. The Morgan fingerprint density at radius 1 is 0.900 bits per heavy atom. The summed E-state index contributed by atoms with van der Waals surface area (Å²) in [5.41, 5.74) is 2.18. The van der Waals surface area contributed by atoms with Gasteiger partial charge in [0.1, 0.15) is 0 Å². The number of ketones is 1. The highest BCUT2D eigenvalue weighted by molar-refractivity contribution is 6.09. The van der Waals surface area contributed by atoms with Crippen LogP contribution in [0.4, 0.5) is 0 Å². The molecule has 3 aromatic rings. The monoisotopic (exact) mass is 264 g/mol. The summed E-state index contributed by atoms with van der Waals surface area (Å²) in [6, 6.07) is 16.4. The third-order valence-corrected chi connectivity index (χ3v) is 2.98. The molecule has 0 fully saturated rings. The van der Waals surface area contributed by atoms with Gasteiger partial charge in [0.25, 0.3) is 0 Å². The van der Waals surface area contributed by atoms with Crippen molar-refractivity contribution in [2.75, 3.05) is 7.11 Å². The molecule has 0 bridgehead atoms. The van der Waals surface area contributed by atoms with Gasteiger partial charge in [0.15, 0.2) is 5.69 Å². The molecule has 0 unspecified atom stereocenters. The molecule has 4 heteroatoms. The summed E-state index contributed by atoms with van der Waals surface area (Å²) in [7, 11) is 1.49. The Labute approximate surface area is 116 Å². The average molecular weight is 264 g/mol. The van der Waals surface area contributed by atoms with E-state index >= 15 is 0 Å². The number of hydrogen-bond acceptors (Lipinski definition) is 4. The number of carbonyl (C=O) groups is 1. The summed E-state index contributed by atoms with van der Waals surface area (Å²) in [5.74, 6) is 0.0539. The minimum atomic E-state index is -0.194. The zero-order valence-electron chi connectivity index (χ0n) is 10.9. The molecule has 0 saturated heterocycles. The lowest BCUT2D eigenvalue weighted by molar-refractivity contribution is 0.103. The van der Waals surface area contributed by atoms with E-state index in [0.29, 0.717) is 16.6 Å². The first-order valence-electron chi connectivity index (χ1n) is 6.20. The SMILES string of the molecule is COc1nc2ccccc2nc1C(=O)c1ccccc1. The van der Waals surface area contributed by atoms with E-state index in [1.54, 1.807) is 12.1 Å². The fraction of sp³-hybridized carbons (Fsp3) is 0.0625. The molecule has 98 valence electrons. The molecule has 0 aliphatic carbocycles. The van der Waals surface area contributed by atoms with Crippen LogP contribution in [0.2, 0.25) is 0 Å². The Morgan fingerprint density at radius 3 is 2.15 bits per heavy atom. The number of rotatable bonds is 3. The van der Waals surface area contributed by atoms with Crippen LogP contribution in [-0.2, 0) is 0 Å². The summed E-state index contributed by atoms with van der Waals surface area (Å²) in [6.45, 7) is 0. The lowest BCUT2D eigenvalue weighted by Gasteiger charge is -2.07. The molecule has 2 aromatic carbocycles. The van der Waals surface area contributed by atoms with Gasteiger partial charge in [0.05, 0.1) is 18.1 Å². The van der Waals surface area contributed by atoms with Crippen molar-refractivity contribution in [1.29, 1.82) is 0 Å². The molecular formula is C16H12N2O2. The molecule has 0 radical (unpaired) electrons. The lowest BCUT2D eigenvalue weighted by Crippen LogP contribution is -2.08. The van der Waals surface area contributed by atoms with Gasteiger partial charge in [0.2, 0.25) is 11.7 Å². The quantitative estimate of drug-likeness (QED) is 0.682. The number of carbonyl (C=O) groups excluding carboxylic acids is 1. The van der Waals surface area contributed by atoms with Gasteiger partial charge in [-0.15, -0.1) is 0 Å². The first-order chi connectivity index (χ1) is 9.79. The molecule has 1 aromatic heterocycles. The number of aromatic nitrogens is 2. The second kappa shape index (κ2) is 5.09. The Kier molecular flexibility index (Phi) is 3.13. The lowest BCUT2D eigenvalue weighted by atomic mass is 10.1. The highest BCUT2D eigenvalue weighted by Gasteiger charge is 2.18. The van der Waals surface area contributed by atoms with Gasteiger partial charge in [-0.05, 0) is 12.1 Å². The van der Waals surface area contributed by atoms with E-state index in [1.807, 2.05) is 42.5 Å². The number of hydrogen-bond donors (Lipinski definition) is 0. The van der Waals surface area contributed by atoms with Crippen LogP contribution < -0.4 is 4.74 Å². The molecule has 0 N–H and O–H groups in total. The van der Waals surface area contributed by atoms with Gasteiger partial charge >= 0.3 is 0 Å². The van der Waals surface area contributed by atoms with E-state index in [1.165, 1.54) is 7.11 Å². The third-order valence-electron chi connectivity index (χ3n) is 2.98. The predicted octanol–water partition coefficient (Wildman–Crippen LogP) is 2.87. The van der Waals surface area contributed by atoms with Crippen molar-refractivity contribution in [3.8, 4) is 5.88 Å². The molecule has 0 saturated carbocycles. The van der Waals surface area contributed by atoms with Gasteiger partial charge in [-0.1, -0.05) is 42.5 Å². The fourth-order valence-electron chi connectivity index (χ4n) is 2.00. The zero-order chi connectivity index (χ0) is 13.9. The third kappa shape index (κ3) is 2.12. The molecule has 0 amide bonds. The smallest absolute Gasteiger partial charge is 0.244 e. The minimum absolute atomic E-state index is 0.194. The van der Waals surface area contributed by atoms with Crippen LogP contribution in [0.1, 0.15) is 16.1 Å². The van der Waals surface area contributed by atoms with Gasteiger partial charge in [-0.25, -0.2) is 9.97 Å². The molecule has 1 heterocycles. The average Bonchev–Trinajstić information content (AvgIpc) is 2.53. The van der Waals surface area contributed by atoms with Crippen molar-refractivity contribution >= 4 is 16.8 Å². The van der Waals surface area contributed by atoms with Gasteiger partial charge in [0, 0.05) is 5.56 Å². The predicted molar refractivity (Wildman–Crippen MR) is 76.0 cm³/mol. The normalized spacial score (nSPS) is 10.4. The zero-order valence-corrected chi connectivity index (χ0v) is 10.9. The van der Waals surface area contributed by atoms with Crippen LogP contribution >= 0.6 is 0 Å². The van der Waals surface area contributed by atoms with Gasteiger partial charge in [-0.3, -0.25) is 4.79 Å². The van der Waals surface area contributed by atoms with E-state index in [9.17, 15) is 4.79 Å². The number of ether oxygens (including phenoxy) is 1. The number of para-hydroxylation sites is 2. The number of benzene rings is 2. The van der Waals surface area contributed by atoms with E-state index in [0.717, 1.165) is 0 Å². The summed E-state index contributed by atoms with van der Waals surface area (Å²) in [5, 5.41) is 0. The Morgan fingerprint density at radius 2 is 1.50 bits per heavy atom. The maximum absolute atomic E-state index is 12.5. The van der Waals surface area contributed by atoms with E-state index < -0.39 is 0 Å². The molecule has 0 aliphatic rings. The largest absolute Gasteiger partial charge is 0.479 e. The number of fused-ring (bicyclic) bond motifs is 1. The standard InChI is InChI=1S/C16H12N2O2/c1-20-16-14(15(19)11-7-3-2-4-8-11)17-12-9-5-6-10-13(12)18-16/h2-10H,1H3. The Bertz CT molecular complexity index is 770. The van der Waals surface area contributed by atoms with Crippen LogP contribution in [0.15, 0.2) is 54.6 Å². The molecule has 4 nitrogen and oxygen atoms in total. The van der Waals surface area contributed by atoms with Crippen molar-refractivity contribution in [3.63, 3.8) is 0 Å². The van der Waals surface area contributed by atoms with Gasteiger partial charge in [-0.2, -0.15) is 0 Å². The van der Waals surface area contributed by atoms with Crippen molar-refractivity contribution in [1.82, 2.24) is 9.97 Å². The highest BCUT2D eigenvalue weighted by Crippen LogP contribution is 2.21. The molecule has 0 spiro atoms. The summed E-state index contributed by atoms with van der Waals surface area (Å²) in [4.78, 5) is 21.2. The minimum Gasteiger partial charge on any atom is -0.479 e. The number of methoxy groups -OCH3 is 1. The second-order valence-electron chi connectivity index (χ2n) is 4.27.